The molecule has 37 heavy (non-hydrogen) atoms. The zero-order chi connectivity index (χ0) is 27.3. The summed E-state index contributed by atoms with van der Waals surface area (Å²) >= 11 is 0.748. The van der Waals surface area contributed by atoms with E-state index in [1.165, 1.54) is 12.0 Å². The van der Waals surface area contributed by atoms with Crippen molar-refractivity contribution < 1.29 is 23.9 Å². The number of rotatable bonds is 10. The highest BCUT2D eigenvalue weighted by atomic mass is 32.1. The van der Waals surface area contributed by atoms with Crippen LogP contribution < -0.4 is 31.2 Å². The lowest BCUT2D eigenvalue weighted by Gasteiger charge is -2.34. The number of carbonyl (C=O) groups is 3. The molecular formula is C26H31N5O5S. The highest BCUT2D eigenvalue weighted by Crippen LogP contribution is 2.35. The average molecular weight is 526 g/mol. The Morgan fingerprint density at radius 3 is 2.03 bits per heavy atom. The molecule has 5 N–H and O–H groups in total. The molecule has 0 bridgehead atoms. The van der Waals surface area contributed by atoms with Crippen LogP contribution in [0.25, 0.3) is 0 Å². The molecule has 1 heterocycles. The number of carbonyl (C=O) groups excluding carboxylic acids is 3. The van der Waals surface area contributed by atoms with Gasteiger partial charge in [0.15, 0.2) is 5.69 Å². The van der Waals surface area contributed by atoms with Crippen molar-refractivity contribution in [1.82, 2.24) is 9.69 Å². The molecule has 3 amide bonds. The van der Waals surface area contributed by atoms with Gasteiger partial charge in [-0.1, -0.05) is 19.1 Å². The Hall–Kier alpha value is -4.12. The number of ether oxygens (including phenoxy) is 2. The summed E-state index contributed by atoms with van der Waals surface area (Å²) in [4.78, 5) is 41.0. The Labute approximate surface area is 219 Å². The van der Waals surface area contributed by atoms with Gasteiger partial charge in [0.25, 0.3) is 11.8 Å². The van der Waals surface area contributed by atoms with Crippen LogP contribution in [0.15, 0.2) is 48.5 Å². The fourth-order valence-electron chi connectivity index (χ4n) is 3.56. The van der Waals surface area contributed by atoms with Gasteiger partial charge in [0.1, 0.15) is 22.4 Å². The van der Waals surface area contributed by atoms with E-state index in [0.29, 0.717) is 29.2 Å². The molecular weight excluding hydrogens is 494 g/mol. The van der Waals surface area contributed by atoms with E-state index in [1.54, 1.807) is 55.6 Å². The lowest BCUT2D eigenvalue weighted by atomic mass is 9.98. The highest BCUT2D eigenvalue weighted by molar-refractivity contribution is 7.09. The quantitative estimate of drug-likeness (QED) is 0.366. The van der Waals surface area contributed by atoms with Crippen molar-refractivity contribution in [2.75, 3.05) is 24.9 Å². The molecule has 0 aliphatic rings. The van der Waals surface area contributed by atoms with Crippen LogP contribution in [0.5, 0.6) is 11.5 Å². The third kappa shape index (κ3) is 6.00. The second-order valence-corrected chi connectivity index (χ2v) is 9.69. The van der Waals surface area contributed by atoms with Crippen molar-refractivity contribution >= 4 is 40.6 Å². The number of anilines is 2. The number of benzene rings is 2. The van der Waals surface area contributed by atoms with Gasteiger partial charge < -0.3 is 26.3 Å². The molecule has 3 rings (SSSR count). The molecule has 0 saturated heterocycles. The summed E-state index contributed by atoms with van der Waals surface area (Å²) in [5.74, 6) is -0.700. The number of nitrogens with one attached hydrogen (secondary N) is 1. The van der Waals surface area contributed by atoms with Crippen molar-refractivity contribution in [3.05, 3.63) is 64.7 Å². The molecule has 196 valence electrons. The Bertz CT molecular complexity index is 1270. The number of hydrogen-bond acceptors (Lipinski definition) is 8. The number of hydrogen-bond donors (Lipinski definition) is 3. The van der Waals surface area contributed by atoms with Crippen LogP contribution in [0.1, 0.15) is 59.0 Å². The first-order valence-corrected chi connectivity index (χ1v) is 12.3. The second kappa shape index (κ2) is 11.3. The minimum absolute atomic E-state index is 0.00863. The number of amides is 3. The standard InChI is InChI=1S/C26H31N5O5S/c1-6-26(2,3)29-24(33)21(15-7-11-17(35-4)12-8-15)31(16-9-13-18(36-5)14-10-16)25(34)22-19(27)20(23(28)32)30-37-22/h7-14,21H,6,27H2,1-5H3,(H2,28,32)(H,29,33). The van der Waals surface area contributed by atoms with E-state index < -0.39 is 29.3 Å². The van der Waals surface area contributed by atoms with E-state index in [2.05, 4.69) is 9.69 Å². The molecule has 1 unspecified atom stereocenters. The van der Waals surface area contributed by atoms with Crippen molar-refractivity contribution in [2.45, 2.75) is 38.8 Å². The predicted molar refractivity (Wildman–Crippen MR) is 143 cm³/mol. The Kier molecular flexibility index (Phi) is 8.38. The number of methoxy groups -OCH3 is 2. The molecule has 1 atom stereocenters. The molecule has 0 fully saturated rings. The zero-order valence-electron chi connectivity index (χ0n) is 21.4. The zero-order valence-corrected chi connectivity index (χ0v) is 22.2. The predicted octanol–water partition coefficient (Wildman–Crippen LogP) is 3.53. The molecule has 11 heteroatoms. The summed E-state index contributed by atoms with van der Waals surface area (Å²) in [7, 11) is 3.07. The van der Waals surface area contributed by atoms with Crippen LogP contribution >= 0.6 is 11.5 Å². The van der Waals surface area contributed by atoms with Gasteiger partial charge in [-0.25, -0.2) is 0 Å². The molecule has 0 aliphatic carbocycles. The summed E-state index contributed by atoms with van der Waals surface area (Å²) in [6, 6.07) is 12.4. The van der Waals surface area contributed by atoms with Crippen molar-refractivity contribution in [3.8, 4) is 11.5 Å². The third-order valence-electron chi connectivity index (χ3n) is 6.01. The minimum atomic E-state index is -1.10. The van der Waals surface area contributed by atoms with E-state index in [0.717, 1.165) is 11.5 Å². The van der Waals surface area contributed by atoms with Crippen LogP contribution in [0.4, 0.5) is 11.4 Å². The van der Waals surface area contributed by atoms with Gasteiger partial charge in [0.05, 0.1) is 19.9 Å². The smallest absolute Gasteiger partial charge is 0.273 e. The number of nitrogen functional groups attached to an aromatic ring is 1. The second-order valence-electron chi connectivity index (χ2n) is 8.91. The Morgan fingerprint density at radius 1 is 1.03 bits per heavy atom. The van der Waals surface area contributed by atoms with Gasteiger partial charge in [-0.2, -0.15) is 4.37 Å². The van der Waals surface area contributed by atoms with Gasteiger partial charge in [0, 0.05) is 11.2 Å². The molecule has 0 saturated carbocycles. The van der Waals surface area contributed by atoms with Crippen molar-refractivity contribution in [3.63, 3.8) is 0 Å². The molecule has 0 aliphatic heterocycles. The first-order valence-electron chi connectivity index (χ1n) is 11.5. The van der Waals surface area contributed by atoms with E-state index in [4.69, 9.17) is 20.9 Å². The summed E-state index contributed by atoms with van der Waals surface area (Å²) in [6.07, 6.45) is 0.661. The highest BCUT2D eigenvalue weighted by Gasteiger charge is 2.37. The summed E-state index contributed by atoms with van der Waals surface area (Å²) in [5, 5.41) is 3.04. The number of primary amides is 1. The van der Waals surface area contributed by atoms with Crippen molar-refractivity contribution in [1.29, 1.82) is 0 Å². The number of aromatic nitrogens is 1. The first-order chi connectivity index (χ1) is 17.5. The normalized spacial score (nSPS) is 11.9. The number of nitrogens with two attached hydrogens (primary N) is 2. The average Bonchev–Trinajstić information content (AvgIpc) is 3.28. The third-order valence-corrected chi connectivity index (χ3v) is 6.86. The molecule has 1 aromatic heterocycles. The SMILES string of the molecule is CCC(C)(C)NC(=O)C(c1ccc(OC)cc1)N(C(=O)c1snc(C(N)=O)c1N)c1ccc(OC)cc1. The first kappa shape index (κ1) is 27.5. The lowest BCUT2D eigenvalue weighted by molar-refractivity contribution is -0.124. The molecule has 0 spiro atoms. The minimum Gasteiger partial charge on any atom is -0.497 e. The summed E-state index contributed by atoms with van der Waals surface area (Å²) in [6.45, 7) is 5.75. The maximum atomic E-state index is 14.1. The molecule has 10 nitrogen and oxygen atoms in total. The van der Waals surface area contributed by atoms with Gasteiger partial charge in [-0.05, 0) is 73.8 Å². The summed E-state index contributed by atoms with van der Waals surface area (Å²) in [5.41, 5.74) is 11.5. The van der Waals surface area contributed by atoms with E-state index in [9.17, 15) is 14.4 Å². The summed E-state index contributed by atoms with van der Waals surface area (Å²) < 4.78 is 14.5. The maximum Gasteiger partial charge on any atom is 0.273 e. The van der Waals surface area contributed by atoms with Gasteiger partial charge in [-0.15, -0.1) is 0 Å². The van der Waals surface area contributed by atoms with Crippen LogP contribution in [0.2, 0.25) is 0 Å². The van der Waals surface area contributed by atoms with E-state index in [-0.39, 0.29) is 16.3 Å². The topological polar surface area (TPSA) is 150 Å². The maximum absolute atomic E-state index is 14.1. The molecule has 0 radical (unpaired) electrons. The Balaban J connectivity index is 2.23. The van der Waals surface area contributed by atoms with Gasteiger partial charge >= 0.3 is 0 Å². The molecule has 2 aromatic carbocycles. The van der Waals surface area contributed by atoms with Crippen LogP contribution in [0.3, 0.4) is 0 Å². The van der Waals surface area contributed by atoms with E-state index in [1.807, 2.05) is 20.8 Å². The fraction of sp³-hybridized carbons (Fsp3) is 0.308. The van der Waals surface area contributed by atoms with Gasteiger partial charge in [0.2, 0.25) is 5.91 Å². The fourth-order valence-corrected chi connectivity index (χ4v) is 4.30. The lowest BCUT2D eigenvalue weighted by Crippen LogP contribution is -2.50. The largest absolute Gasteiger partial charge is 0.497 e. The van der Waals surface area contributed by atoms with Crippen LogP contribution in [0, 0.1) is 0 Å². The van der Waals surface area contributed by atoms with E-state index >= 15 is 0 Å². The van der Waals surface area contributed by atoms with Crippen LogP contribution in [-0.4, -0.2) is 41.9 Å². The monoisotopic (exact) mass is 525 g/mol. The Morgan fingerprint density at radius 2 is 1.57 bits per heavy atom. The molecule has 3 aromatic rings. The number of nitrogens with zero attached hydrogens (tertiary/aromatic N) is 2. The van der Waals surface area contributed by atoms with Crippen molar-refractivity contribution in [2.24, 2.45) is 5.73 Å². The van der Waals surface area contributed by atoms with Crippen LogP contribution in [-0.2, 0) is 4.79 Å². The van der Waals surface area contributed by atoms with Gasteiger partial charge in [-0.3, -0.25) is 19.3 Å².